The fourth-order valence-corrected chi connectivity index (χ4v) is 3.35. The minimum atomic E-state index is 0.0235. The molecule has 0 fully saturated rings. The summed E-state index contributed by atoms with van der Waals surface area (Å²) in [7, 11) is 1.86. The van der Waals surface area contributed by atoms with Gasteiger partial charge in [-0.2, -0.15) is 15.1 Å². The molecule has 0 radical (unpaired) electrons. The van der Waals surface area contributed by atoms with Gasteiger partial charge in [0.15, 0.2) is 5.65 Å². The number of hydrogen-bond acceptors (Lipinski definition) is 6. The summed E-state index contributed by atoms with van der Waals surface area (Å²) in [4.78, 5) is 11.3. The van der Waals surface area contributed by atoms with Gasteiger partial charge in [0.1, 0.15) is 5.82 Å². The Morgan fingerprint density at radius 2 is 1.76 bits per heavy atom. The third-order valence-corrected chi connectivity index (χ3v) is 4.68. The molecule has 0 saturated carbocycles. The summed E-state index contributed by atoms with van der Waals surface area (Å²) in [6.07, 6.45) is 1.78. The number of fused-ring (bicyclic) bond motifs is 1. The number of hydrogen-bond donors (Lipinski definition) is 2. The van der Waals surface area contributed by atoms with Crippen LogP contribution in [0.2, 0.25) is 0 Å². The fourth-order valence-electron chi connectivity index (χ4n) is 3.35. The number of aryl methyl sites for hydroxylation is 2. The van der Waals surface area contributed by atoms with Crippen molar-refractivity contribution in [2.24, 2.45) is 0 Å². The molecule has 2 heterocycles. The second-order valence-corrected chi connectivity index (χ2v) is 7.15. The van der Waals surface area contributed by atoms with Crippen LogP contribution in [-0.2, 0) is 0 Å². The molecule has 2 aromatic heterocycles. The van der Waals surface area contributed by atoms with Crippen LogP contribution in [0.1, 0.15) is 11.1 Å². The third kappa shape index (κ3) is 3.90. The normalized spacial score (nSPS) is 11.0. The maximum Gasteiger partial charge on any atom is 0.229 e. The molecule has 4 rings (SSSR count). The summed E-state index contributed by atoms with van der Waals surface area (Å²) < 4.78 is 1.81. The SMILES string of the molecule is Cc1cc(C)cc(Nc2nc(N(C)CCO)nc3c2cnn3-c2ccccc2)c1. The molecule has 0 aliphatic carbocycles. The van der Waals surface area contributed by atoms with E-state index in [1.165, 1.54) is 11.1 Å². The molecule has 0 aliphatic rings. The molecule has 7 nitrogen and oxygen atoms in total. The summed E-state index contributed by atoms with van der Waals surface area (Å²) in [5, 5.41) is 18.2. The molecule has 0 amide bonds. The highest BCUT2D eigenvalue weighted by Gasteiger charge is 2.16. The number of anilines is 3. The minimum Gasteiger partial charge on any atom is -0.395 e. The maximum atomic E-state index is 9.34. The van der Waals surface area contributed by atoms with E-state index in [9.17, 15) is 5.11 Å². The van der Waals surface area contributed by atoms with E-state index in [1.807, 2.05) is 42.3 Å². The maximum absolute atomic E-state index is 9.34. The van der Waals surface area contributed by atoms with E-state index in [2.05, 4.69) is 42.5 Å². The number of aliphatic hydroxyl groups is 1. The lowest BCUT2D eigenvalue weighted by molar-refractivity contribution is 0.303. The van der Waals surface area contributed by atoms with Crippen molar-refractivity contribution in [2.75, 3.05) is 30.4 Å². The second-order valence-electron chi connectivity index (χ2n) is 7.15. The van der Waals surface area contributed by atoms with Crippen LogP contribution in [-0.4, -0.2) is 45.1 Å². The number of benzene rings is 2. The number of likely N-dealkylation sites (N-methyl/N-ethyl adjacent to an activating group) is 1. The molecule has 4 aromatic rings. The average molecular weight is 388 g/mol. The summed E-state index contributed by atoms with van der Waals surface area (Å²) >= 11 is 0. The van der Waals surface area contributed by atoms with Gasteiger partial charge in [0.25, 0.3) is 0 Å². The Morgan fingerprint density at radius 3 is 2.45 bits per heavy atom. The zero-order valence-electron chi connectivity index (χ0n) is 16.8. The predicted octanol–water partition coefficient (Wildman–Crippen LogP) is 3.60. The van der Waals surface area contributed by atoms with Crippen LogP contribution in [0.25, 0.3) is 16.7 Å². The van der Waals surface area contributed by atoms with Gasteiger partial charge in [0.05, 0.1) is 23.9 Å². The van der Waals surface area contributed by atoms with Gasteiger partial charge in [0, 0.05) is 19.3 Å². The van der Waals surface area contributed by atoms with Gasteiger partial charge in [-0.3, -0.25) is 0 Å². The van der Waals surface area contributed by atoms with Gasteiger partial charge in [-0.25, -0.2) is 4.68 Å². The van der Waals surface area contributed by atoms with E-state index >= 15 is 0 Å². The first-order valence-corrected chi connectivity index (χ1v) is 9.53. The van der Waals surface area contributed by atoms with Crippen LogP contribution in [0.3, 0.4) is 0 Å². The third-order valence-electron chi connectivity index (χ3n) is 4.68. The second kappa shape index (κ2) is 7.89. The molecule has 0 aliphatic heterocycles. The van der Waals surface area contributed by atoms with Gasteiger partial charge in [-0.1, -0.05) is 24.3 Å². The lowest BCUT2D eigenvalue weighted by Gasteiger charge is -2.17. The number of nitrogens with one attached hydrogen (secondary N) is 1. The Hall–Kier alpha value is -3.45. The van der Waals surface area contributed by atoms with Crippen LogP contribution >= 0.6 is 0 Å². The molecular formula is C22H24N6O. The first-order valence-electron chi connectivity index (χ1n) is 9.53. The largest absolute Gasteiger partial charge is 0.395 e. The van der Waals surface area contributed by atoms with Crippen molar-refractivity contribution < 1.29 is 5.11 Å². The summed E-state index contributed by atoms with van der Waals surface area (Å²) in [6.45, 7) is 4.60. The molecule has 148 valence electrons. The smallest absolute Gasteiger partial charge is 0.229 e. The molecule has 0 bridgehead atoms. The van der Waals surface area contributed by atoms with Crippen molar-refractivity contribution in [1.29, 1.82) is 0 Å². The Kier molecular flexibility index (Phi) is 5.14. The van der Waals surface area contributed by atoms with Crippen molar-refractivity contribution in [3.05, 3.63) is 65.9 Å². The number of nitrogens with zero attached hydrogens (tertiary/aromatic N) is 5. The van der Waals surface area contributed by atoms with Crippen molar-refractivity contribution >= 4 is 28.5 Å². The first kappa shape index (κ1) is 18.9. The molecule has 29 heavy (non-hydrogen) atoms. The fraction of sp³-hybridized carbons (Fsp3) is 0.227. The molecule has 7 heteroatoms. The highest BCUT2D eigenvalue weighted by Crippen LogP contribution is 2.28. The Morgan fingerprint density at radius 1 is 1.03 bits per heavy atom. The Labute approximate surface area is 169 Å². The molecule has 2 aromatic carbocycles. The first-order chi connectivity index (χ1) is 14.0. The molecule has 0 spiro atoms. The van der Waals surface area contributed by atoms with Crippen LogP contribution in [0.4, 0.5) is 17.5 Å². The zero-order valence-corrected chi connectivity index (χ0v) is 16.8. The molecule has 0 unspecified atom stereocenters. The topological polar surface area (TPSA) is 79.1 Å². The Balaban J connectivity index is 1.86. The number of para-hydroxylation sites is 1. The monoisotopic (exact) mass is 388 g/mol. The van der Waals surface area contributed by atoms with Crippen molar-refractivity contribution in [3.63, 3.8) is 0 Å². The molecule has 0 atom stereocenters. The highest BCUT2D eigenvalue weighted by molar-refractivity contribution is 5.90. The van der Waals surface area contributed by atoms with Gasteiger partial charge in [0.2, 0.25) is 5.95 Å². The average Bonchev–Trinajstić information content (AvgIpc) is 3.12. The number of aliphatic hydroxyl groups excluding tert-OH is 1. The van der Waals surface area contributed by atoms with E-state index in [-0.39, 0.29) is 6.61 Å². The predicted molar refractivity (Wildman–Crippen MR) is 116 cm³/mol. The zero-order chi connectivity index (χ0) is 20.4. The number of aromatic nitrogens is 4. The van der Waals surface area contributed by atoms with Crippen LogP contribution in [0.15, 0.2) is 54.7 Å². The Bertz CT molecular complexity index is 1120. The summed E-state index contributed by atoms with van der Waals surface area (Å²) in [6, 6.07) is 16.2. The van der Waals surface area contributed by atoms with Crippen LogP contribution in [0, 0.1) is 13.8 Å². The van der Waals surface area contributed by atoms with E-state index < -0.39 is 0 Å². The van der Waals surface area contributed by atoms with Gasteiger partial charge in [-0.15, -0.1) is 0 Å². The molecule has 2 N–H and O–H groups in total. The number of rotatable bonds is 6. The standard InChI is InChI=1S/C22H24N6O/c1-15-11-16(2)13-17(12-15)24-20-19-14-23-28(18-7-5-4-6-8-18)21(19)26-22(25-20)27(3)9-10-29/h4-8,11-14,29H,9-10H2,1-3H3,(H,24,25,26). The quantitative estimate of drug-likeness (QED) is 0.525. The van der Waals surface area contributed by atoms with E-state index in [4.69, 9.17) is 9.97 Å². The van der Waals surface area contributed by atoms with Crippen molar-refractivity contribution in [2.45, 2.75) is 13.8 Å². The molecular weight excluding hydrogens is 364 g/mol. The van der Waals surface area contributed by atoms with E-state index in [1.54, 1.807) is 10.9 Å². The lowest BCUT2D eigenvalue weighted by Crippen LogP contribution is -2.23. The van der Waals surface area contributed by atoms with Gasteiger partial charge in [-0.05, 0) is 49.2 Å². The van der Waals surface area contributed by atoms with Crippen molar-refractivity contribution in [1.82, 2.24) is 19.7 Å². The van der Waals surface area contributed by atoms with Crippen molar-refractivity contribution in [3.8, 4) is 5.69 Å². The lowest BCUT2D eigenvalue weighted by atomic mass is 10.1. The van der Waals surface area contributed by atoms with E-state index in [0.29, 0.717) is 24.0 Å². The van der Waals surface area contributed by atoms with E-state index in [0.717, 1.165) is 16.8 Å². The van der Waals surface area contributed by atoms with Gasteiger partial charge < -0.3 is 15.3 Å². The summed E-state index contributed by atoms with van der Waals surface area (Å²) in [5.74, 6) is 1.21. The van der Waals surface area contributed by atoms with Gasteiger partial charge >= 0.3 is 0 Å². The minimum absolute atomic E-state index is 0.0235. The summed E-state index contributed by atoms with van der Waals surface area (Å²) in [5.41, 5.74) is 4.95. The highest BCUT2D eigenvalue weighted by atomic mass is 16.3. The van der Waals surface area contributed by atoms with Crippen LogP contribution in [0.5, 0.6) is 0 Å². The van der Waals surface area contributed by atoms with Crippen LogP contribution < -0.4 is 10.2 Å². The molecule has 0 saturated heterocycles.